The van der Waals surface area contributed by atoms with Crippen molar-refractivity contribution in [1.82, 2.24) is 4.57 Å². The molecule has 10 rings (SSSR count). The molecule has 1 aliphatic carbocycles. The molecule has 0 saturated carbocycles. The van der Waals surface area contributed by atoms with E-state index in [0.717, 1.165) is 0 Å². The normalized spacial score (nSPS) is 13.8. The van der Waals surface area contributed by atoms with E-state index in [4.69, 9.17) is 0 Å². The molecule has 0 saturated heterocycles. The van der Waals surface area contributed by atoms with Gasteiger partial charge in [-0.1, -0.05) is 166 Å². The molecule has 242 valence electrons. The van der Waals surface area contributed by atoms with Crippen LogP contribution in [0.5, 0.6) is 0 Å². The van der Waals surface area contributed by atoms with E-state index in [1.807, 2.05) is 0 Å². The lowest BCUT2D eigenvalue weighted by molar-refractivity contribution is 0.660. The Morgan fingerprint density at radius 3 is 1.86 bits per heavy atom. The summed E-state index contributed by atoms with van der Waals surface area (Å²) in [7, 11) is 0. The Morgan fingerprint density at radius 2 is 1.08 bits per heavy atom. The molecule has 1 unspecified atom stereocenters. The fourth-order valence-electron chi connectivity index (χ4n) is 8.96. The van der Waals surface area contributed by atoms with Crippen LogP contribution >= 0.6 is 0 Å². The van der Waals surface area contributed by atoms with Crippen molar-refractivity contribution in [3.63, 3.8) is 0 Å². The molecule has 1 heteroatoms. The van der Waals surface area contributed by atoms with Crippen molar-refractivity contribution < 1.29 is 0 Å². The summed E-state index contributed by atoms with van der Waals surface area (Å²) in [5.74, 6) is 0.0190. The van der Waals surface area contributed by atoms with Gasteiger partial charge < -0.3 is 4.57 Å². The first-order chi connectivity index (χ1) is 25.1. The van der Waals surface area contributed by atoms with Crippen LogP contribution in [0.4, 0.5) is 0 Å². The second-order valence-corrected chi connectivity index (χ2v) is 14.5. The van der Waals surface area contributed by atoms with E-state index < -0.39 is 0 Å². The third kappa shape index (κ3) is 4.55. The average molecular weight is 652 g/mol. The molecular formula is C50H37N. The molecule has 0 spiro atoms. The van der Waals surface area contributed by atoms with Gasteiger partial charge in [-0.25, -0.2) is 0 Å². The van der Waals surface area contributed by atoms with Crippen molar-refractivity contribution in [1.29, 1.82) is 0 Å². The van der Waals surface area contributed by atoms with Crippen LogP contribution < -0.4 is 0 Å². The van der Waals surface area contributed by atoms with E-state index in [1.165, 1.54) is 88.3 Å². The Morgan fingerprint density at radius 1 is 0.451 bits per heavy atom. The zero-order valence-electron chi connectivity index (χ0n) is 28.8. The molecule has 1 aliphatic rings. The molecule has 1 aromatic heterocycles. The van der Waals surface area contributed by atoms with Crippen LogP contribution in [0.1, 0.15) is 47.6 Å². The summed E-state index contributed by atoms with van der Waals surface area (Å²) >= 11 is 0. The van der Waals surface area contributed by atoms with Crippen LogP contribution in [0, 0.1) is 0 Å². The van der Waals surface area contributed by atoms with Gasteiger partial charge >= 0.3 is 0 Å². The van der Waals surface area contributed by atoms with Crippen molar-refractivity contribution in [3.05, 3.63) is 210 Å². The third-order valence-electron chi connectivity index (χ3n) is 11.3. The predicted octanol–water partition coefficient (Wildman–Crippen LogP) is 13.1. The smallest absolute Gasteiger partial charge is 0.0541 e. The highest BCUT2D eigenvalue weighted by Gasteiger charge is 2.37. The van der Waals surface area contributed by atoms with Gasteiger partial charge in [0.15, 0.2) is 0 Å². The minimum absolute atomic E-state index is 0.0190. The maximum Gasteiger partial charge on any atom is 0.0541 e. The maximum absolute atomic E-state index is 2.51. The van der Waals surface area contributed by atoms with Crippen molar-refractivity contribution in [2.45, 2.75) is 25.2 Å². The Hall–Kier alpha value is -6.18. The number of para-hydroxylation sites is 2. The molecule has 1 nitrogen and oxygen atoms in total. The van der Waals surface area contributed by atoms with Crippen LogP contribution in [0.15, 0.2) is 182 Å². The molecule has 1 heterocycles. The van der Waals surface area contributed by atoms with Gasteiger partial charge in [0.1, 0.15) is 0 Å². The summed E-state index contributed by atoms with van der Waals surface area (Å²) in [5.41, 5.74) is 15.5. The number of benzene rings is 8. The first-order valence-corrected chi connectivity index (χ1v) is 18.0. The summed E-state index contributed by atoms with van der Waals surface area (Å²) in [5, 5.41) is 5.10. The Labute approximate surface area is 299 Å². The average Bonchev–Trinajstić information content (AvgIpc) is 3.64. The fraction of sp³-hybridized carbons (Fsp3) is 0.0800. The molecule has 0 radical (unpaired) electrons. The van der Waals surface area contributed by atoms with Crippen LogP contribution in [0.25, 0.3) is 60.5 Å². The quantitative estimate of drug-likeness (QED) is 0.163. The summed E-state index contributed by atoms with van der Waals surface area (Å²) in [6.45, 7) is 4.76. The lowest BCUT2D eigenvalue weighted by Gasteiger charge is -2.24. The molecule has 1 atom stereocenters. The number of aromatic nitrogens is 1. The summed E-state index contributed by atoms with van der Waals surface area (Å²) in [4.78, 5) is 0. The number of hydrogen-bond donors (Lipinski definition) is 0. The van der Waals surface area contributed by atoms with Crippen LogP contribution in [-0.4, -0.2) is 4.57 Å². The van der Waals surface area contributed by atoms with Crippen LogP contribution in [0.2, 0.25) is 0 Å². The van der Waals surface area contributed by atoms with E-state index in [1.54, 1.807) is 0 Å². The SMILES string of the molecule is CC1(C)c2ccc(C(c3cccc(-n4c5ccccc5c5ccccc54)c3)c3cccc4ccccc34)cc2-c2c(-c3ccccc3)cccc21. The largest absolute Gasteiger partial charge is 0.309 e. The number of fused-ring (bicyclic) bond motifs is 7. The number of hydrogen-bond acceptors (Lipinski definition) is 0. The molecule has 0 amide bonds. The first kappa shape index (κ1) is 29.7. The number of rotatable bonds is 5. The molecule has 0 fully saturated rings. The van der Waals surface area contributed by atoms with Gasteiger partial charge in [0.2, 0.25) is 0 Å². The van der Waals surface area contributed by atoms with E-state index in [2.05, 4.69) is 200 Å². The monoisotopic (exact) mass is 651 g/mol. The standard InChI is InChI=1S/C50H37N/c1-50(2)44-30-29-36(32-43(44)49-39(24-14-26-45(49)50)34-15-4-3-5-16-34)48(42-25-13-18-33-17-6-7-21-38(33)42)35-19-12-20-37(31-35)51-46-27-10-8-22-40(46)41-23-9-11-28-47(41)51/h3-32,48H,1-2H3. The highest BCUT2D eigenvalue weighted by molar-refractivity contribution is 6.09. The zero-order valence-corrected chi connectivity index (χ0v) is 28.8. The molecule has 0 aliphatic heterocycles. The summed E-state index contributed by atoms with van der Waals surface area (Å²) in [6.07, 6.45) is 0. The Balaban J connectivity index is 1.23. The van der Waals surface area contributed by atoms with E-state index >= 15 is 0 Å². The highest BCUT2D eigenvalue weighted by atomic mass is 15.0. The second kappa shape index (κ2) is 11.4. The first-order valence-electron chi connectivity index (χ1n) is 18.0. The summed E-state index contributed by atoms with van der Waals surface area (Å²) in [6, 6.07) is 67.5. The minimum atomic E-state index is -0.0978. The lowest BCUT2D eigenvalue weighted by Crippen LogP contribution is -2.15. The van der Waals surface area contributed by atoms with Gasteiger partial charge in [-0.15, -0.1) is 0 Å². The molecule has 0 N–H and O–H groups in total. The second-order valence-electron chi connectivity index (χ2n) is 14.5. The maximum atomic E-state index is 2.51. The zero-order chi connectivity index (χ0) is 34.1. The molecule has 0 bridgehead atoms. The highest BCUT2D eigenvalue weighted by Crippen LogP contribution is 2.53. The van der Waals surface area contributed by atoms with Gasteiger partial charge in [-0.2, -0.15) is 0 Å². The Bertz CT molecular complexity index is 2720. The van der Waals surface area contributed by atoms with E-state index in [-0.39, 0.29) is 11.3 Å². The van der Waals surface area contributed by atoms with Gasteiger partial charge in [-0.05, 0) is 91.2 Å². The minimum Gasteiger partial charge on any atom is -0.309 e. The van der Waals surface area contributed by atoms with Gasteiger partial charge in [0, 0.05) is 27.8 Å². The van der Waals surface area contributed by atoms with Crippen molar-refractivity contribution in [2.75, 3.05) is 0 Å². The lowest BCUT2D eigenvalue weighted by atomic mass is 9.79. The third-order valence-corrected chi connectivity index (χ3v) is 11.3. The molecule has 9 aromatic rings. The van der Waals surface area contributed by atoms with Gasteiger partial charge in [0.25, 0.3) is 0 Å². The molecule has 8 aromatic carbocycles. The topological polar surface area (TPSA) is 4.93 Å². The fourth-order valence-corrected chi connectivity index (χ4v) is 8.96. The van der Waals surface area contributed by atoms with E-state index in [0.29, 0.717) is 0 Å². The van der Waals surface area contributed by atoms with Crippen molar-refractivity contribution >= 4 is 32.6 Å². The van der Waals surface area contributed by atoms with Gasteiger partial charge in [-0.3, -0.25) is 0 Å². The van der Waals surface area contributed by atoms with Gasteiger partial charge in [0.05, 0.1) is 11.0 Å². The number of nitrogens with zero attached hydrogens (tertiary/aromatic N) is 1. The molecule has 51 heavy (non-hydrogen) atoms. The Kier molecular flexibility index (Phi) is 6.66. The van der Waals surface area contributed by atoms with Crippen molar-refractivity contribution in [3.8, 4) is 27.9 Å². The van der Waals surface area contributed by atoms with E-state index in [9.17, 15) is 0 Å². The van der Waals surface area contributed by atoms with Crippen LogP contribution in [0.3, 0.4) is 0 Å². The molecular weight excluding hydrogens is 615 g/mol. The van der Waals surface area contributed by atoms with Crippen LogP contribution in [-0.2, 0) is 5.41 Å². The predicted molar refractivity (Wildman–Crippen MR) is 215 cm³/mol. The summed E-state index contributed by atoms with van der Waals surface area (Å²) < 4.78 is 2.43. The van der Waals surface area contributed by atoms with Crippen molar-refractivity contribution in [2.24, 2.45) is 0 Å².